The molecule has 2 heterocycles. The molecule has 8 heteroatoms. The lowest BCUT2D eigenvalue weighted by molar-refractivity contribution is -0.105. The molecule has 0 bridgehead atoms. The van der Waals surface area contributed by atoms with E-state index in [1.165, 1.54) is 0 Å². The molecule has 0 aliphatic carbocycles. The van der Waals surface area contributed by atoms with Crippen LogP contribution in [0.15, 0.2) is 54.6 Å². The number of fused-ring (bicyclic) bond motifs is 3. The number of para-hydroxylation sites is 2. The first-order chi connectivity index (χ1) is 17.3. The van der Waals surface area contributed by atoms with Crippen LogP contribution in [0.2, 0.25) is 10.0 Å². The number of nitrogens with one attached hydrogen (secondary N) is 2. The number of methoxy groups -OCH3 is 1. The standard InChI is InChI=1S/C28H26Cl2N4O2/c1-15(2)27-24(28(31-14-35)33-34(27)21-7-5-6-8-22(21)36-4)26-18-11-10-17(29)13-19(18)23-20(30)12-9-16(3)25(23)32-26/h5-15,26,32H,1-4H3,(H,31,33,35). The number of hydrogen-bond acceptors (Lipinski definition) is 4. The monoisotopic (exact) mass is 520 g/mol. The number of carbonyl (C=O) groups is 1. The Morgan fingerprint density at radius 2 is 1.92 bits per heavy atom. The SMILES string of the molecule is COc1ccccc1-n1nc(NC=O)c(C2Nc3c(C)ccc(Cl)c3-c3cc(Cl)ccc32)c1C(C)C. The lowest BCUT2D eigenvalue weighted by atomic mass is 9.84. The quantitative estimate of drug-likeness (QED) is 0.260. The van der Waals surface area contributed by atoms with Crippen LogP contribution in [-0.2, 0) is 4.79 Å². The summed E-state index contributed by atoms with van der Waals surface area (Å²) >= 11 is 13.2. The van der Waals surface area contributed by atoms with E-state index in [0.29, 0.717) is 28.0 Å². The maximum absolute atomic E-state index is 11.7. The minimum Gasteiger partial charge on any atom is -0.494 e. The van der Waals surface area contributed by atoms with Crippen molar-refractivity contribution in [2.24, 2.45) is 0 Å². The highest BCUT2D eigenvalue weighted by Gasteiger charge is 2.35. The van der Waals surface area contributed by atoms with E-state index in [1.54, 1.807) is 7.11 Å². The number of ether oxygens (including phenoxy) is 1. The maximum atomic E-state index is 11.7. The number of benzene rings is 3. The highest BCUT2D eigenvalue weighted by molar-refractivity contribution is 6.35. The van der Waals surface area contributed by atoms with Crippen LogP contribution < -0.4 is 15.4 Å². The summed E-state index contributed by atoms with van der Waals surface area (Å²) in [6, 6.07) is 17.1. The summed E-state index contributed by atoms with van der Waals surface area (Å²) in [5, 5.41) is 12.7. The van der Waals surface area contributed by atoms with Gasteiger partial charge >= 0.3 is 0 Å². The van der Waals surface area contributed by atoms with Crippen molar-refractivity contribution in [1.29, 1.82) is 0 Å². The molecule has 1 unspecified atom stereocenters. The Labute approximate surface area is 220 Å². The Kier molecular flexibility index (Phi) is 6.41. The van der Waals surface area contributed by atoms with Gasteiger partial charge in [-0.15, -0.1) is 5.10 Å². The van der Waals surface area contributed by atoms with E-state index in [2.05, 4.69) is 24.5 Å². The van der Waals surface area contributed by atoms with Crippen molar-refractivity contribution >= 4 is 41.1 Å². The number of rotatable bonds is 6. The van der Waals surface area contributed by atoms with E-state index in [4.69, 9.17) is 33.0 Å². The molecule has 5 rings (SSSR count). The molecule has 3 aromatic carbocycles. The third-order valence-corrected chi connectivity index (χ3v) is 7.10. The Morgan fingerprint density at radius 1 is 1.14 bits per heavy atom. The Morgan fingerprint density at radius 3 is 2.64 bits per heavy atom. The molecule has 0 radical (unpaired) electrons. The highest BCUT2D eigenvalue weighted by Crippen LogP contribution is 2.50. The number of amides is 1. The minimum atomic E-state index is -0.315. The summed E-state index contributed by atoms with van der Waals surface area (Å²) < 4.78 is 7.50. The smallest absolute Gasteiger partial charge is 0.212 e. The zero-order chi connectivity index (χ0) is 25.6. The van der Waals surface area contributed by atoms with Crippen LogP contribution in [0.25, 0.3) is 16.8 Å². The molecule has 1 atom stereocenters. The van der Waals surface area contributed by atoms with Gasteiger partial charge in [-0.3, -0.25) is 4.79 Å². The van der Waals surface area contributed by atoms with Gasteiger partial charge in [0, 0.05) is 21.8 Å². The molecule has 0 fully saturated rings. The lowest BCUT2D eigenvalue weighted by Gasteiger charge is -2.33. The average molecular weight is 521 g/mol. The van der Waals surface area contributed by atoms with Gasteiger partial charge in [-0.1, -0.05) is 61.3 Å². The van der Waals surface area contributed by atoms with Gasteiger partial charge < -0.3 is 15.4 Å². The van der Waals surface area contributed by atoms with Crippen molar-refractivity contribution in [1.82, 2.24) is 9.78 Å². The maximum Gasteiger partial charge on any atom is 0.212 e. The normalized spacial score (nSPS) is 14.1. The topological polar surface area (TPSA) is 68.2 Å². The number of anilines is 2. The van der Waals surface area contributed by atoms with Crippen LogP contribution >= 0.6 is 23.2 Å². The Hall–Kier alpha value is -3.48. The van der Waals surface area contributed by atoms with E-state index in [1.807, 2.05) is 66.2 Å². The third kappa shape index (κ3) is 3.91. The Balaban J connectivity index is 1.82. The van der Waals surface area contributed by atoms with Crippen LogP contribution in [0.5, 0.6) is 5.75 Å². The number of hydrogen-bond donors (Lipinski definition) is 2. The zero-order valence-corrected chi connectivity index (χ0v) is 21.9. The lowest BCUT2D eigenvalue weighted by Crippen LogP contribution is -2.22. The van der Waals surface area contributed by atoms with Gasteiger partial charge in [0.2, 0.25) is 6.41 Å². The molecular formula is C28H26Cl2N4O2. The Bertz CT molecular complexity index is 1480. The molecule has 0 saturated carbocycles. The second-order valence-corrected chi connectivity index (χ2v) is 9.91. The molecule has 1 aliphatic heterocycles. The molecule has 1 amide bonds. The first-order valence-electron chi connectivity index (χ1n) is 11.7. The van der Waals surface area contributed by atoms with Crippen molar-refractivity contribution in [2.75, 3.05) is 17.7 Å². The predicted octanol–water partition coefficient (Wildman–Crippen LogP) is 7.37. The average Bonchev–Trinajstić information content (AvgIpc) is 3.24. The fourth-order valence-corrected chi connectivity index (χ4v) is 5.44. The van der Waals surface area contributed by atoms with E-state index in [0.717, 1.165) is 44.9 Å². The summed E-state index contributed by atoms with van der Waals surface area (Å²) in [6.07, 6.45) is 0.657. The summed E-state index contributed by atoms with van der Waals surface area (Å²) in [4.78, 5) is 11.7. The summed E-state index contributed by atoms with van der Waals surface area (Å²) in [5.74, 6) is 1.23. The summed E-state index contributed by atoms with van der Waals surface area (Å²) in [5.41, 5.74) is 7.45. The molecule has 36 heavy (non-hydrogen) atoms. The van der Waals surface area contributed by atoms with Crippen LogP contribution in [0, 0.1) is 6.92 Å². The number of nitrogens with zero attached hydrogens (tertiary/aromatic N) is 2. The number of aromatic nitrogens is 2. The molecule has 6 nitrogen and oxygen atoms in total. The van der Waals surface area contributed by atoms with Gasteiger partial charge in [0.15, 0.2) is 5.82 Å². The van der Waals surface area contributed by atoms with Crippen LogP contribution in [0.3, 0.4) is 0 Å². The number of aryl methyl sites for hydroxylation is 1. The van der Waals surface area contributed by atoms with Gasteiger partial charge in [0.05, 0.1) is 23.9 Å². The second kappa shape index (κ2) is 9.52. The van der Waals surface area contributed by atoms with Crippen molar-refractivity contribution in [2.45, 2.75) is 32.7 Å². The summed E-state index contributed by atoms with van der Waals surface area (Å²) in [6.45, 7) is 6.26. The molecule has 0 spiro atoms. The molecular weight excluding hydrogens is 495 g/mol. The molecule has 1 aromatic heterocycles. The largest absolute Gasteiger partial charge is 0.494 e. The van der Waals surface area contributed by atoms with E-state index in [9.17, 15) is 4.79 Å². The van der Waals surface area contributed by atoms with Gasteiger partial charge in [-0.25, -0.2) is 4.68 Å². The van der Waals surface area contributed by atoms with Gasteiger partial charge in [-0.05, 0) is 59.9 Å². The molecule has 0 saturated heterocycles. The first-order valence-corrected chi connectivity index (χ1v) is 12.4. The number of carbonyl (C=O) groups excluding carboxylic acids is 1. The van der Waals surface area contributed by atoms with Crippen molar-refractivity contribution < 1.29 is 9.53 Å². The van der Waals surface area contributed by atoms with Crippen LogP contribution in [0.4, 0.5) is 11.5 Å². The van der Waals surface area contributed by atoms with E-state index >= 15 is 0 Å². The fraction of sp³-hybridized carbons (Fsp3) is 0.214. The van der Waals surface area contributed by atoms with Crippen LogP contribution in [0.1, 0.15) is 48.2 Å². The van der Waals surface area contributed by atoms with Gasteiger partial charge in [0.25, 0.3) is 0 Å². The van der Waals surface area contributed by atoms with Crippen molar-refractivity contribution in [3.8, 4) is 22.6 Å². The minimum absolute atomic E-state index is 0.0685. The van der Waals surface area contributed by atoms with Crippen LogP contribution in [-0.4, -0.2) is 23.3 Å². The van der Waals surface area contributed by atoms with Crippen molar-refractivity contribution in [3.05, 3.63) is 87.0 Å². The van der Waals surface area contributed by atoms with Gasteiger partial charge in [-0.2, -0.15) is 0 Å². The summed E-state index contributed by atoms with van der Waals surface area (Å²) in [7, 11) is 1.63. The molecule has 184 valence electrons. The predicted molar refractivity (Wildman–Crippen MR) is 146 cm³/mol. The van der Waals surface area contributed by atoms with Gasteiger partial charge in [0.1, 0.15) is 11.4 Å². The third-order valence-electron chi connectivity index (χ3n) is 6.55. The van der Waals surface area contributed by atoms with E-state index in [-0.39, 0.29) is 12.0 Å². The first kappa shape index (κ1) is 24.2. The molecule has 1 aliphatic rings. The number of halogens is 2. The van der Waals surface area contributed by atoms with Crippen molar-refractivity contribution in [3.63, 3.8) is 0 Å². The fourth-order valence-electron chi connectivity index (χ4n) is 5.01. The molecule has 2 N–H and O–H groups in total. The highest BCUT2D eigenvalue weighted by atomic mass is 35.5. The molecule has 4 aromatic rings. The second-order valence-electron chi connectivity index (χ2n) is 9.07. The van der Waals surface area contributed by atoms with E-state index < -0.39 is 0 Å². The zero-order valence-electron chi connectivity index (χ0n) is 20.4.